The SMILES string of the molecule is O=C(Cc1ccc(S(=O)(=O)N2CCCCC2)cc1)NC1CCc2ccccc21. The zero-order valence-corrected chi connectivity index (χ0v) is 16.7. The molecule has 6 heteroatoms. The molecule has 1 unspecified atom stereocenters. The number of nitrogens with one attached hydrogen (secondary N) is 1. The summed E-state index contributed by atoms with van der Waals surface area (Å²) in [4.78, 5) is 12.8. The van der Waals surface area contributed by atoms with E-state index in [0.717, 1.165) is 37.7 Å². The molecule has 1 fully saturated rings. The Kier molecular flexibility index (Phi) is 5.51. The Hall–Kier alpha value is -2.18. The number of hydrogen-bond acceptors (Lipinski definition) is 3. The average molecular weight is 399 g/mol. The molecule has 1 aliphatic carbocycles. The Morgan fingerprint density at radius 3 is 2.46 bits per heavy atom. The lowest BCUT2D eigenvalue weighted by molar-refractivity contribution is -0.121. The van der Waals surface area contributed by atoms with E-state index in [1.54, 1.807) is 28.6 Å². The smallest absolute Gasteiger partial charge is 0.243 e. The number of aryl methyl sites for hydroxylation is 1. The summed E-state index contributed by atoms with van der Waals surface area (Å²) < 4.78 is 27.0. The van der Waals surface area contributed by atoms with E-state index in [1.807, 2.05) is 12.1 Å². The third-order valence-electron chi connectivity index (χ3n) is 5.71. The van der Waals surface area contributed by atoms with Crippen LogP contribution in [0, 0.1) is 0 Å². The molecule has 0 saturated carbocycles. The Labute approximate surface area is 166 Å². The predicted molar refractivity (Wildman–Crippen MR) is 108 cm³/mol. The van der Waals surface area contributed by atoms with Crippen LogP contribution in [0.4, 0.5) is 0 Å². The van der Waals surface area contributed by atoms with Gasteiger partial charge in [0.2, 0.25) is 15.9 Å². The highest BCUT2D eigenvalue weighted by molar-refractivity contribution is 7.89. The molecule has 0 bridgehead atoms. The summed E-state index contributed by atoms with van der Waals surface area (Å²) in [6.45, 7) is 1.19. The average Bonchev–Trinajstić information content (AvgIpc) is 3.12. The van der Waals surface area contributed by atoms with E-state index in [1.165, 1.54) is 11.1 Å². The minimum absolute atomic E-state index is 0.0339. The summed E-state index contributed by atoms with van der Waals surface area (Å²) in [5.41, 5.74) is 3.33. The number of fused-ring (bicyclic) bond motifs is 1. The summed E-state index contributed by atoms with van der Waals surface area (Å²) in [6, 6.07) is 15.0. The molecular weight excluding hydrogens is 372 g/mol. The molecular formula is C22H26N2O3S. The fourth-order valence-corrected chi connectivity index (χ4v) is 5.69. The summed E-state index contributed by atoms with van der Waals surface area (Å²) in [7, 11) is -3.43. The molecule has 148 valence electrons. The first kappa shape index (κ1) is 19.2. The molecule has 28 heavy (non-hydrogen) atoms. The van der Waals surface area contributed by atoms with Crippen LogP contribution in [-0.4, -0.2) is 31.7 Å². The Balaban J connectivity index is 1.39. The number of hydrogen-bond donors (Lipinski definition) is 1. The first-order valence-corrected chi connectivity index (χ1v) is 11.4. The second kappa shape index (κ2) is 8.05. The normalized spacial score (nSPS) is 19.9. The molecule has 1 N–H and O–H groups in total. The molecule has 1 amide bonds. The Morgan fingerprint density at radius 2 is 1.71 bits per heavy atom. The largest absolute Gasteiger partial charge is 0.349 e. The van der Waals surface area contributed by atoms with Gasteiger partial charge in [-0.2, -0.15) is 4.31 Å². The summed E-state index contributed by atoms with van der Waals surface area (Å²) in [5, 5.41) is 3.11. The van der Waals surface area contributed by atoms with Crippen molar-refractivity contribution >= 4 is 15.9 Å². The van der Waals surface area contributed by atoms with Gasteiger partial charge in [0, 0.05) is 13.1 Å². The van der Waals surface area contributed by atoms with Gasteiger partial charge in [0.05, 0.1) is 17.4 Å². The third kappa shape index (κ3) is 3.98. The lowest BCUT2D eigenvalue weighted by Gasteiger charge is -2.25. The third-order valence-corrected chi connectivity index (χ3v) is 7.62. The lowest BCUT2D eigenvalue weighted by atomic mass is 10.1. The maximum absolute atomic E-state index is 12.7. The maximum atomic E-state index is 12.7. The first-order valence-electron chi connectivity index (χ1n) is 10.0. The van der Waals surface area contributed by atoms with Gasteiger partial charge < -0.3 is 5.32 Å². The quantitative estimate of drug-likeness (QED) is 0.841. The number of rotatable bonds is 5. The summed E-state index contributed by atoms with van der Waals surface area (Å²) >= 11 is 0. The van der Waals surface area contributed by atoms with Crippen molar-refractivity contribution in [2.45, 2.75) is 49.5 Å². The highest BCUT2D eigenvalue weighted by Crippen LogP contribution is 2.30. The van der Waals surface area contributed by atoms with Gasteiger partial charge >= 0.3 is 0 Å². The number of piperidine rings is 1. The van der Waals surface area contributed by atoms with Crippen molar-refractivity contribution in [1.29, 1.82) is 0 Å². The van der Waals surface area contributed by atoms with E-state index < -0.39 is 10.0 Å². The number of benzene rings is 2. The van der Waals surface area contributed by atoms with Crippen LogP contribution in [0.3, 0.4) is 0 Å². The van der Waals surface area contributed by atoms with Crippen LogP contribution in [0.25, 0.3) is 0 Å². The van der Waals surface area contributed by atoms with Gasteiger partial charge in [-0.15, -0.1) is 0 Å². The molecule has 1 heterocycles. The number of nitrogens with zero attached hydrogens (tertiary/aromatic N) is 1. The van der Waals surface area contributed by atoms with Gasteiger partial charge in [0.25, 0.3) is 0 Å². The van der Waals surface area contributed by atoms with Crippen LogP contribution in [0.2, 0.25) is 0 Å². The molecule has 1 aliphatic heterocycles. The van der Waals surface area contributed by atoms with Crippen molar-refractivity contribution in [2.24, 2.45) is 0 Å². The molecule has 2 aromatic carbocycles. The molecule has 1 saturated heterocycles. The molecule has 2 aromatic rings. The highest BCUT2D eigenvalue weighted by atomic mass is 32.2. The van der Waals surface area contributed by atoms with Crippen molar-refractivity contribution in [3.05, 3.63) is 65.2 Å². The van der Waals surface area contributed by atoms with Crippen LogP contribution in [0.5, 0.6) is 0 Å². The zero-order chi connectivity index (χ0) is 19.6. The van der Waals surface area contributed by atoms with Gasteiger partial charge in [-0.25, -0.2) is 8.42 Å². The minimum atomic E-state index is -3.43. The highest BCUT2D eigenvalue weighted by Gasteiger charge is 2.26. The van der Waals surface area contributed by atoms with Crippen molar-refractivity contribution < 1.29 is 13.2 Å². The van der Waals surface area contributed by atoms with Crippen LogP contribution in [-0.2, 0) is 27.7 Å². The second-order valence-electron chi connectivity index (χ2n) is 7.64. The molecule has 5 nitrogen and oxygen atoms in total. The van der Waals surface area contributed by atoms with E-state index >= 15 is 0 Å². The van der Waals surface area contributed by atoms with Crippen LogP contribution >= 0.6 is 0 Å². The van der Waals surface area contributed by atoms with Gasteiger partial charge in [0.15, 0.2) is 0 Å². The van der Waals surface area contributed by atoms with E-state index in [-0.39, 0.29) is 18.4 Å². The molecule has 1 atom stereocenters. The van der Waals surface area contributed by atoms with Gasteiger partial charge in [-0.1, -0.05) is 42.8 Å². The standard InChI is InChI=1S/C22H26N2O3S/c25-22(23-21-13-10-18-6-2-3-7-20(18)21)16-17-8-11-19(12-9-17)28(26,27)24-14-4-1-5-15-24/h2-3,6-9,11-12,21H,1,4-5,10,13-16H2,(H,23,25). The van der Waals surface area contributed by atoms with Gasteiger partial charge in [-0.3, -0.25) is 4.79 Å². The van der Waals surface area contributed by atoms with Crippen molar-refractivity contribution in [2.75, 3.05) is 13.1 Å². The second-order valence-corrected chi connectivity index (χ2v) is 9.58. The van der Waals surface area contributed by atoms with Crippen molar-refractivity contribution in [3.63, 3.8) is 0 Å². The Bertz CT molecular complexity index is 948. The molecule has 4 rings (SSSR count). The summed E-state index contributed by atoms with van der Waals surface area (Å²) in [6.07, 6.45) is 5.10. The number of carbonyl (C=O) groups excluding carboxylic acids is 1. The molecule has 0 radical (unpaired) electrons. The van der Waals surface area contributed by atoms with E-state index in [0.29, 0.717) is 18.0 Å². The molecule has 0 aromatic heterocycles. The van der Waals surface area contributed by atoms with E-state index in [2.05, 4.69) is 17.4 Å². The van der Waals surface area contributed by atoms with Crippen LogP contribution < -0.4 is 5.32 Å². The predicted octanol–water partition coefficient (Wildman–Crippen LogP) is 3.21. The molecule has 0 spiro atoms. The number of sulfonamides is 1. The molecule has 2 aliphatic rings. The topological polar surface area (TPSA) is 66.5 Å². The van der Waals surface area contributed by atoms with E-state index in [4.69, 9.17) is 0 Å². The van der Waals surface area contributed by atoms with Gasteiger partial charge in [-0.05, 0) is 54.5 Å². The lowest BCUT2D eigenvalue weighted by Crippen LogP contribution is -2.35. The fourth-order valence-electron chi connectivity index (χ4n) is 4.17. The van der Waals surface area contributed by atoms with Gasteiger partial charge in [0.1, 0.15) is 0 Å². The minimum Gasteiger partial charge on any atom is -0.349 e. The fraction of sp³-hybridized carbons (Fsp3) is 0.409. The Morgan fingerprint density at radius 1 is 1.00 bits per heavy atom. The summed E-state index contributed by atoms with van der Waals surface area (Å²) in [5.74, 6) is -0.0339. The van der Waals surface area contributed by atoms with E-state index in [9.17, 15) is 13.2 Å². The monoisotopic (exact) mass is 398 g/mol. The zero-order valence-electron chi connectivity index (χ0n) is 15.9. The maximum Gasteiger partial charge on any atom is 0.243 e. The van der Waals surface area contributed by atoms with Crippen molar-refractivity contribution in [3.8, 4) is 0 Å². The van der Waals surface area contributed by atoms with Crippen LogP contribution in [0.15, 0.2) is 53.4 Å². The first-order chi connectivity index (χ1) is 13.5. The number of amides is 1. The number of carbonyl (C=O) groups is 1. The van der Waals surface area contributed by atoms with Crippen LogP contribution in [0.1, 0.15) is 48.4 Å². The van der Waals surface area contributed by atoms with Crippen molar-refractivity contribution in [1.82, 2.24) is 9.62 Å².